The zero-order valence-electron chi connectivity index (χ0n) is 19.4. The van der Waals surface area contributed by atoms with Crippen molar-refractivity contribution in [2.45, 2.75) is 31.1 Å². The molecular formula is C28H29NO6. The van der Waals surface area contributed by atoms with E-state index < -0.39 is 11.8 Å². The summed E-state index contributed by atoms with van der Waals surface area (Å²) in [4.78, 5) is 15.9. The predicted molar refractivity (Wildman–Crippen MR) is 131 cm³/mol. The normalized spacial score (nSPS) is 20.1. The lowest BCUT2D eigenvalue weighted by Crippen LogP contribution is -2.33. The van der Waals surface area contributed by atoms with Crippen molar-refractivity contribution >= 4 is 5.78 Å². The average molecular weight is 476 g/mol. The van der Waals surface area contributed by atoms with E-state index in [0.717, 1.165) is 30.9 Å². The van der Waals surface area contributed by atoms with E-state index in [1.54, 1.807) is 0 Å². The predicted octanol–water partition coefficient (Wildman–Crippen LogP) is 4.49. The molecule has 0 radical (unpaired) electrons. The molecule has 4 N–H and O–H groups in total. The highest BCUT2D eigenvalue weighted by Gasteiger charge is 2.44. The van der Waals surface area contributed by atoms with Crippen LogP contribution in [0.15, 0.2) is 54.6 Å². The largest absolute Gasteiger partial charge is 0.508 e. The quantitative estimate of drug-likeness (QED) is 0.416. The molecule has 1 heterocycles. The average Bonchev–Trinajstić information content (AvgIpc) is 3.12. The number of Topliss-reactive ketones (excluding diaryl/α,β-unsaturated/α-hetero) is 1. The van der Waals surface area contributed by atoms with Crippen molar-refractivity contribution in [2.24, 2.45) is 0 Å². The molecule has 1 aliphatic carbocycles. The number of benzene rings is 3. The van der Waals surface area contributed by atoms with Crippen LogP contribution in [0.5, 0.6) is 28.7 Å². The first-order chi connectivity index (χ1) is 16.9. The number of nitrogens with zero attached hydrogens (tertiary/aromatic N) is 1. The van der Waals surface area contributed by atoms with Gasteiger partial charge in [0.25, 0.3) is 0 Å². The number of ether oxygens (including phenoxy) is 1. The van der Waals surface area contributed by atoms with E-state index in [2.05, 4.69) is 4.90 Å². The molecule has 5 rings (SSSR count). The van der Waals surface area contributed by atoms with Crippen LogP contribution in [0.1, 0.15) is 58.1 Å². The van der Waals surface area contributed by atoms with Crippen molar-refractivity contribution < 1.29 is 30.0 Å². The van der Waals surface area contributed by atoms with Gasteiger partial charge in [0.15, 0.2) is 5.78 Å². The zero-order valence-corrected chi connectivity index (χ0v) is 19.4. The maximum Gasteiger partial charge on any atom is 0.171 e. The van der Waals surface area contributed by atoms with E-state index in [1.807, 2.05) is 24.3 Å². The van der Waals surface area contributed by atoms with E-state index in [-0.39, 0.29) is 34.3 Å². The van der Waals surface area contributed by atoms with Crippen LogP contribution in [0.2, 0.25) is 0 Å². The Morgan fingerprint density at radius 3 is 2.11 bits per heavy atom. The van der Waals surface area contributed by atoms with Crippen molar-refractivity contribution in [1.29, 1.82) is 0 Å². The van der Waals surface area contributed by atoms with Crippen LogP contribution in [0.4, 0.5) is 0 Å². The molecule has 3 aromatic rings. The minimum absolute atomic E-state index is 0.160. The fourth-order valence-corrected chi connectivity index (χ4v) is 5.39. The first kappa shape index (κ1) is 23.1. The van der Waals surface area contributed by atoms with E-state index in [4.69, 9.17) is 4.74 Å². The molecule has 2 aliphatic rings. The van der Waals surface area contributed by atoms with Gasteiger partial charge in [0.05, 0.1) is 5.92 Å². The lowest BCUT2D eigenvalue weighted by Gasteiger charge is -2.26. The van der Waals surface area contributed by atoms with Crippen LogP contribution in [-0.2, 0) is 0 Å². The minimum atomic E-state index is -0.790. The Labute approximate surface area is 203 Å². The van der Waals surface area contributed by atoms with E-state index in [9.17, 15) is 25.2 Å². The number of rotatable bonds is 6. The number of ketones is 1. The molecule has 0 amide bonds. The van der Waals surface area contributed by atoms with Gasteiger partial charge in [0.1, 0.15) is 35.4 Å². The third-order valence-electron chi connectivity index (χ3n) is 6.98. The number of fused-ring (bicyclic) bond motifs is 1. The minimum Gasteiger partial charge on any atom is -0.508 e. The van der Waals surface area contributed by atoms with Crippen molar-refractivity contribution in [3.05, 3.63) is 76.9 Å². The molecule has 7 nitrogen and oxygen atoms in total. The Kier molecular flexibility index (Phi) is 6.26. The van der Waals surface area contributed by atoms with E-state index >= 15 is 0 Å². The van der Waals surface area contributed by atoms with Gasteiger partial charge in [-0.2, -0.15) is 0 Å². The van der Waals surface area contributed by atoms with Gasteiger partial charge in [-0.15, -0.1) is 0 Å². The van der Waals surface area contributed by atoms with Gasteiger partial charge in [-0.3, -0.25) is 9.69 Å². The van der Waals surface area contributed by atoms with Crippen LogP contribution in [0, 0.1) is 0 Å². The Bertz CT molecular complexity index is 1210. The highest BCUT2D eigenvalue weighted by atomic mass is 16.5. The first-order valence-electron chi connectivity index (χ1n) is 12.0. The topological polar surface area (TPSA) is 110 Å². The van der Waals surface area contributed by atoms with Gasteiger partial charge in [-0.05, 0) is 67.4 Å². The second kappa shape index (κ2) is 9.50. The van der Waals surface area contributed by atoms with Crippen molar-refractivity contribution in [3.8, 4) is 28.7 Å². The SMILES string of the molecule is O=C1c2cc(O)cc(O)c2C(c2ccc(OCCN3CCCCC3)cc2)C1c1cc(O)cc(O)c1. The van der Waals surface area contributed by atoms with Gasteiger partial charge in [-0.25, -0.2) is 0 Å². The number of aromatic hydroxyl groups is 4. The summed E-state index contributed by atoms with van der Waals surface area (Å²) in [5.74, 6) is -1.64. The summed E-state index contributed by atoms with van der Waals surface area (Å²) in [6.07, 6.45) is 3.77. The van der Waals surface area contributed by atoms with Crippen LogP contribution in [0.25, 0.3) is 0 Å². The molecule has 0 saturated carbocycles. The highest BCUT2D eigenvalue weighted by Crippen LogP contribution is 2.52. The number of likely N-dealkylation sites (tertiary alicyclic amines) is 1. The zero-order chi connectivity index (χ0) is 24.5. The monoisotopic (exact) mass is 475 g/mol. The lowest BCUT2D eigenvalue weighted by molar-refractivity contribution is 0.0968. The molecule has 35 heavy (non-hydrogen) atoms. The number of hydrogen-bond donors (Lipinski definition) is 4. The second-order valence-electron chi connectivity index (χ2n) is 9.35. The van der Waals surface area contributed by atoms with Gasteiger partial charge in [0, 0.05) is 35.7 Å². The first-order valence-corrected chi connectivity index (χ1v) is 12.0. The second-order valence-corrected chi connectivity index (χ2v) is 9.35. The molecule has 7 heteroatoms. The number of phenols is 4. The molecular weight excluding hydrogens is 446 g/mol. The smallest absolute Gasteiger partial charge is 0.171 e. The molecule has 1 aliphatic heterocycles. The molecule has 182 valence electrons. The van der Waals surface area contributed by atoms with Crippen molar-refractivity contribution in [2.75, 3.05) is 26.2 Å². The lowest BCUT2D eigenvalue weighted by atomic mass is 9.81. The van der Waals surface area contributed by atoms with E-state index in [0.29, 0.717) is 17.7 Å². The standard InChI is InChI=1S/C28H29NO6/c30-19-12-18(13-20(31)14-19)26-25(27-23(28(26)34)15-21(32)16-24(27)33)17-4-6-22(7-5-17)35-11-10-29-8-2-1-3-9-29/h4-7,12-16,25-26,30-33H,1-3,8-11H2. The summed E-state index contributed by atoms with van der Waals surface area (Å²) in [6.45, 7) is 3.70. The molecule has 2 unspecified atom stereocenters. The number of phenolic OH excluding ortho intramolecular Hbond substituents is 4. The third kappa shape index (κ3) is 4.64. The fraction of sp³-hybridized carbons (Fsp3) is 0.321. The molecule has 3 aromatic carbocycles. The molecule has 0 aromatic heterocycles. The third-order valence-corrected chi connectivity index (χ3v) is 6.98. The Morgan fingerprint density at radius 2 is 1.43 bits per heavy atom. The van der Waals surface area contributed by atoms with Crippen LogP contribution >= 0.6 is 0 Å². The summed E-state index contributed by atoms with van der Waals surface area (Å²) < 4.78 is 5.94. The Morgan fingerprint density at radius 1 is 0.771 bits per heavy atom. The van der Waals surface area contributed by atoms with Crippen molar-refractivity contribution in [1.82, 2.24) is 4.90 Å². The summed E-state index contributed by atoms with van der Waals surface area (Å²) in [5, 5.41) is 40.8. The highest BCUT2D eigenvalue weighted by molar-refractivity contribution is 6.08. The number of carbonyl (C=O) groups is 1. The number of piperidine rings is 1. The summed E-state index contributed by atoms with van der Waals surface area (Å²) in [7, 11) is 0. The number of hydrogen-bond acceptors (Lipinski definition) is 7. The van der Waals surface area contributed by atoms with Gasteiger partial charge in [-0.1, -0.05) is 18.6 Å². The maximum atomic E-state index is 13.5. The molecule has 0 bridgehead atoms. The Balaban J connectivity index is 1.44. The summed E-state index contributed by atoms with van der Waals surface area (Å²) >= 11 is 0. The van der Waals surface area contributed by atoms with Gasteiger partial charge >= 0.3 is 0 Å². The number of carbonyl (C=O) groups excluding carboxylic acids is 1. The van der Waals surface area contributed by atoms with Crippen LogP contribution in [-0.4, -0.2) is 57.4 Å². The fourth-order valence-electron chi connectivity index (χ4n) is 5.39. The summed E-state index contributed by atoms with van der Waals surface area (Å²) in [6, 6.07) is 14.1. The van der Waals surface area contributed by atoms with Crippen molar-refractivity contribution in [3.63, 3.8) is 0 Å². The molecule has 1 fully saturated rings. The summed E-state index contributed by atoms with van der Waals surface area (Å²) in [5.41, 5.74) is 1.84. The van der Waals surface area contributed by atoms with E-state index in [1.165, 1.54) is 49.6 Å². The molecule has 1 saturated heterocycles. The maximum absolute atomic E-state index is 13.5. The van der Waals surface area contributed by atoms with Gasteiger partial charge < -0.3 is 25.2 Å². The van der Waals surface area contributed by atoms with Gasteiger partial charge in [0.2, 0.25) is 0 Å². The van der Waals surface area contributed by atoms with Crippen LogP contribution < -0.4 is 4.74 Å². The van der Waals surface area contributed by atoms with Crippen LogP contribution in [0.3, 0.4) is 0 Å². The molecule has 2 atom stereocenters. The molecule has 0 spiro atoms. The Hall–Kier alpha value is -3.71.